The minimum atomic E-state index is -0.612. The van der Waals surface area contributed by atoms with E-state index >= 15 is 0 Å². The van der Waals surface area contributed by atoms with Gasteiger partial charge in [-0.25, -0.2) is 14.6 Å². The van der Waals surface area contributed by atoms with Crippen LogP contribution in [0.4, 0.5) is 5.69 Å². The average molecular weight is 332 g/mol. The first-order valence-corrected chi connectivity index (χ1v) is 8.35. The highest BCUT2D eigenvalue weighted by Crippen LogP contribution is 2.30. The zero-order valence-electron chi connectivity index (χ0n) is 14.3. The van der Waals surface area contributed by atoms with E-state index in [0.717, 1.165) is 37.2 Å². The van der Waals surface area contributed by atoms with Gasteiger partial charge in [-0.15, -0.1) is 6.58 Å². The minimum absolute atomic E-state index is 0.00935. The Kier molecular flexibility index (Phi) is 6.35. The molecule has 0 radical (unpaired) electrons. The topological polar surface area (TPSA) is 68.7 Å². The monoisotopic (exact) mass is 332 g/mol. The molecule has 0 aromatic carbocycles. The van der Waals surface area contributed by atoms with E-state index in [1.54, 1.807) is 26.1 Å². The molecule has 6 heteroatoms. The number of carbonyl (C=O) groups excluding carboxylic acids is 2. The first kappa shape index (κ1) is 18.0. The number of hydrogen-bond acceptors (Lipinski definition) is 6. The summed E-state index contributed by atoms with van der Waals surface area (Å²) < 4.78 is 10.2. The van der Waals surface area contributed by atoms with Crippen LogP contribution in [0.15, 0.2) is 18.9 Å². The van der Waals surface area contributed by atoms with Crippen LogP contribution < -0.4 is 4.90 Å². The number of pyridine rings is 1. The fourth-order valence-corrected chi connectivity index (χ4v) is 2.90. The standard InChI is InChI=1S/C18H24N2O4/c1-4-9-13-14(20-10-7-8-11-20)12-19-16(18(22)24-6-3)15(13)17(21)23-5-2/h4,12H,1,5-11H2,2-3H3. The van der Waals surface area contributed by atoms with Crippen LogP contribution >= 0.6 is 0 Å². The summed E-state index contributed by atoms with van der Waals surface area (Å²) in [6.45, 7) is 9.48. The lowest BCUT2D eigenvalue weighted by molar-refractivity contribution is 0.0472. The van der Waals surface area contributed by atoms with E-state index in [-0.39, 0.29) is 24.5 Å². The Balaban J connectivity index is 2.59. The van der Waals surface area contributed by atoms with Crippen LogP contribution in [0.3, 0.4) is 0 Å². The van der Waals surface area contributed by atoms with Gasteiger partial charge in [-0.05, 0) is 38.7 Å². The SMILES string of the molecule is C=CCc1c(N2CCCC2)cnc(C(=O)OCC)c1C(=O)OCC. The molecule has 2 heterocycles. The number of aromatic nitrogens is 1. The zero-order valence-corrected chi connectivity index (χ0v) is 14.3. The molecule has 6 nitrogen and oxygen atoms in total. The maximum atomic E-state index is 12.5. The third-order valence-electron chi connectivity index (χ3n) is 3.91. The normalized spacial score (nSPS) is 13.7. The molecule has 0 unspecified atom stereocenters. The first-order chi connectivity index (χ1) is 11.6. The van der Waals surface area contributed by atoms with Crippen molar-refractivity contribution >= 4 is 17.6 Å². The van der Waals surface area contributed by atoms with Gasteiger partial charge in [-0.3, -0.25) is 0 Å². The van der Waals surface area contributed by atoms with E-state index in [1.807, 2.05) is 0 Å². The van der Waals surface area contributed by atoms with E-state index in [2.05, 4.69) is 16.5 Å². The zero-order chi connectivity index (χ0) is 17.5. The smallest absolute Gasteiger partial charge is 0.357 e. The number of carbonyl (C=O) groups is 2. The molecule has 0 saturated carbocycles. The second-order valence-electron chi connectivity index (χ2n) is 5.47. The molecule has 0 N–H and O–H groups in total. The van der Waals surface area contributed by atoms with Gasteiger partial charge in [0.15, 0.2) is 5.69 Å². The number of nitrogens with zero attached hydrogens (tertiary/aromatic N) is 2. The first-order valence-electron chi connectivity index (χ1n) is 8.35. The number of hydrogen-bond donors (Lipinski definition) is 0. The lowest BCUT2D eigenvalue weighted by atomic mass is 10.0. The van der Waals surface area contributed by atoms with Crippen molar-refractivity contribution in [1.82, 2.24) is 4.98 Å². The summed E-state index contributed by atoms with van der Waals surface area (Å²) in [5.41, 5.74) is 1.79. The highest BCUT2D eigenvalue weighted by Gasteiger charge is 2.28. The molecular formula is C18H24N2O4. The summed E-state index contributed by atoms with van der Waals surface area (Å²) >= 11 is 0. The van der Waals surface area contributed by atoms with Crippen LogP contribution in [-0.2, 0) is 15.9 Å². The van der Waals surface area contributed by atoms with E-state index < -0.39 is 11.9 Å². The van der Waals surface area contributed by atoms with Crippen molar-refractivity contribution in [1.29, 1.82) is 0 Å². The number of rotatable bonds is 7. The molecule has 130 valence electrons. The van der Waals surface area contributed by atoms with E-state index in [9.17, 15) is 9.59 Å². The third-order valence-corrected chi connectivity index (χ3v) is 3.91. The highest BCUT2D eigenvalue weighted by atomic mass is 16.5. The van der Waals surface area contributed by atoms with Gasteiger partial charge < -0.3 is 14.4 Å². The Hall–Kier alpha value is -2.37. The van der Waals surface area contributed by atoms with Crippen LogP contribution in [-0.4, -0.2) is 43.2 Å². The van der Waals surface area contributed by atoms with Gasteiger partial charge in [0.2, 0.25) is 0 Å². The minimum Gasteiger partial charge on any atom is -0.462 e. The van der Waals surface area contributed by atoms with Gasteiger partial charge >= 0.3 is 11.9 Å². The van der Waals surface area contributed by atoms with Gasteiger partial charge in [0.1, 0.15) is 0 Å². The summed E-state index contributed by atoms with van der Waals surface area (Å²) in [5, 5.41) is 0. The largest absolute Gasteiger partial charge is 0.462 e. The van der Waals surface area contributed by atoms with Crippen molar-refractivity contribution in [3.63, 3.8) is 0 Å². The molecule has 2 rings (SSSR count). The van der Waals surface area contributed by atoms with E-state index in [0.29, 0.717) is 6.42 Å². The predicted molar refractivity (Wildman–Crippen MR) is 91.5 cm³/mol. The third kappa shape index (κ3) is 3.75. The fraction of sp³-hybridized carbons (Fsp3) is 0.500. The number of anilines is 1. The van der Waals surface area contributed by atoms with Crippen LogP contribution in [0.25, 0.3) is 0 Å². The Bertz CT molecular complexity index is 622. The van der Waals surface area contributed by atoms with Crippen LogP contribution in [0.5, 0.6) is 0 Å². The molecule has 0 amide bonds. The van der Waals surface area contributed by atoms with Crippen LogP contribution in [0.1, 0.15) is 53.1 Å². The predicted octanol–water partition coefficient (Wildman–Crippen LogP) is 2.76. The second kappa shape index (κ2) is 8.47. The molecule has 0 aliphatic carbocycles. The van der Waals surface area contributed by atoms with Crippen molar-refractivity contribution in [3.05, 3.63) is 35.7 Å². The molecular weight excluding hydrogens is 308 g/mol. The maximum Gasteiger partial charge on any atom is 0.357 e. The number of esters is 2. The summed E-state index contributed by atoms with van der Waals surface area (Å²) in [7, 11) is 0. The highest BCUT2D eigenvalue weighted by molar-refractivity contribution is 6.04. The molecule has 0 atom stereocenters. The van der Waals surface area contributed by atoms with Crippen LogP contribution in [0, 0.1) is 0 Å². The summed E-state index contributed by atoms with van der Waals surface area (Å²) in [5.74, 6) is -1.16. The van der Waals surface area contributed by atoms with Crippen molar-refractivity contribution in [2.45, 2.75) is 33.1 Å². The van der Waals surface area contributed by atoms with Crippen molar-refractivity contribution in [2.75, 3.05) is 31.2 Å². The molecule has 24 heavy (non-hydrogen) atoms. The number of allylic oxidation sites excluding steroid dienone is 1. The summed E-state index contributed by atoms with van der Waals surface area (Å²) in [6.07, 6.45) is 6.02. The molecule has 0 bridgehead atoms. The summed E-state index contributed by atoms with van der Waals surface area (Å²) in [6, 6.07) is 0. The molecule has 0 spiro atoms. The quantitative estimate of drug-likeness (QED) is 0.565. The van der Waals surface area contributed by atoms with Crippen molar-refractivity contribution in [3.8, 4) is 0 Å². The van der Waals surface area contributed by atoms with Gasteiger partial charge in [-0.1, -0.05) is 6.08 Å². The van der Waals surface area contributed by atoms with Gasteiger partial charge in [0, 0.05) is 13.1 Å². The molecule has 1 saturated heterocycles. The van der Waals surface area contributed by atoms with Crippen LogP contribution in [0.2, 0.25) is 0 Å². The second-order valence-corrected chi connectivity index (χ2v) is 5.47. The van der Waals surface area contributed by atoms with Crippen molar-refractivity contribution in [2.24, 2.45) is 0 Å². The van der Waals surface area contributed by atoms with E-state index in [1.165, 1.54) is 0 Å². The Morgan fingerprint density at radius 3 is 2.42 bits per heavy atom. The Labute approximate surface area is 142 Å². The summed E-state index contributed by atoms with van der Waals surface area (Å²) in [4.78, 5) is 31.2. The fourth-order valence-electron chi connectivity index (χ4n) is 2.90. The lowest BCUT2D eigenvalue weighted by Crippen LogP contribution is -2.24. The maximum absolute atomic E-state index is 12.5. The Morgan fingerprint density at radius 2 is 1.83 bits per heavy atom. The van der Waals surface area contributed by atoms with E-state index in [4.69, 9.17) is 9.47 Å². The van der Waals surface area contributed by atoms with Crippen molar-refractivity contribution < 1.29 is 19.1 Å². The van der Waals surface area contributed by atoms with Gasteiger partial charge in [-0.2, -0.15) is 0 Å². The molecule has 1 aromatic rings. The molecule has 1 aliphatic rings. The van der Waals surface area contributed by atoms with Gasteiger partial charge in [0.25, 0.3) is 0 Å². The molecule has 1 aliphatic heterocycles. The lowest BCUT2D eigenvalue weighted by Gasteiger charge is -2.23. The van der Waals surface area contributed by atoms with Gasteiger partial charge in [0.05, 0.1) is 30.7 Å². The number of ether oxygens (including phenoxy) is 2. The molecule has 1 aromatic heterocycles. The average Bonchev–Trinajstić information content (AvgIpc) is 3.09. The Morgan fingerprint density at radius 1 is 1.21 bits per heavy atom. The molecule has 1 fully saturated rings.